The van der Waals surface area contributed by atoms with Gasteiger partial charge in [-0.1, -0.05) is 0 Å². The monoisotopic (exact) mass is 239 g/mol. The van der Waals surface area contributed by atoms with Crippen molar-refractivity contribution in [2.24, 2.45) is 11.1 Å². The van der Waals surface area contributed by atoms with E-state index in [-0.39, 0.29) is 18.6 Å². The number of pyridine rings is 1. The highest BCUT2D eigenvalue weighted by Gasteiger charge is 2.44. The van der Waals surface area contributed by atoms with Gasteiger partial charge in [0.15, 0.2) is 0 Å². The summed E-state index contributed by atoms with van der Waals surface area (Å²) in [4.78, 5) is 15.8. The number of rotatable bonds is 2. The number of carbonyl (C=O) groups is 1. The van der Waals surface area contributed by atoms with Crippen LogP contribution in [0.1, 0.15) is 6.92 Å². The van der Waals surface area contributed by atoms with Gasteiger partial charge < -0.3 is 15.8 Å². The van der Waals surface area contributed by atoms with Crippen molar-refractivity contribution in [1.29, 1.82) is 0 Å². The Kier molecular flexibility index (Phi) is 3.08. The van der Waals surface area contributed by atoms with Gasteiger partial charge in [-0.25, -0.2) is 9.37 Å². The number of anilines is 1. The summed E-state index contributed by atoms with van der Waals surface area (Å²) in [6, 6.07) is 2.29. The lowest BCUT2D eigenvalue weighted by atomic mass is 9.85. The van der Waals surface area contributed by atoms with Gasteiger partial charge in [0.1, 0.15) is 11.6 Å². The molecule has 0 spiro atoms. The minimum absolute atomic E-state index is 0.262. The molecule has 3 N–H and O–H groups in total. The zero-order valence-corrected chi connectivity index (χ0v) is 9.44. The second-order valence-corrected chi connectivity index (χ2v) is 4.35. The highest BCUT2D eigenvalue weighted by molar-refractivity contribution is 5.95. The van der Waals surface area contributed by atoms with Crippen molar-refractivity contribution in [3.8, 4) is 0 Å². The molecule has 1 aliphatic heterocycles. The normalized spacial score (nSPS) is 28.1. The smallest absolute Gasteiger partial charge is 0.235 e. The van der Waals surface area contributed by atoms with Crippen molar-refractivity contribution < 1.29 is 13.9 Å². The third-order valence-electron chi connectivity index (χ3n) is 3.01. The van der Waals surface area contributed by atoms with Crippen LogP contribution in [0.5, 0.6) is 0 Å². The molecular weight excluding hydrogens is 225 g/mol. The fourth-order valence-corrected chi connectivity index (χ4v) is 1.63. The number of halogens is 1. The molecule has 92 valence electrons. The fourth-order valence-electron chi connectivity index (χ4n) is 1.63. The van der Waals surface area contributed by atoms with Crippen LogP contribution in [-0.4, -0.2) is 30.1 Å². The van der Waals surface area contributed by atoms with E-state index in [4.69, 9.17) is 10.5 Å². The zero-order chi connectivity index (χ0) is 12.5. The van der Waals surface area contributed by atoms with E-state index >= 15 is 0 Å². The Morgan fingerprint density at radius 2 is 2.47 bits per heavy atom. The largest absolute Gasteiger partial charge is 0.379 e. The molecular formula is C11H14FN3O2. The van der Waals surface area contributed by atoms with Crippen LogP contribution in [0.4, 0.5) is 10.2 Å². The summed E-state index contributed by atoms with van der Waals surface area (Å²) in [6.45, 7) is 2.38. The van der Waals surface area contributed by atoms with Gasteiger partial charge in [-0.15, -0.1) is 0 Å². The summed E-state index contributed by atoms with van der Waals surface area (Å²) < 4.78 is 17.8. The van der Waals surface area contributed by atoms with E-state index in [1.54, 1.807) is 6.92 Å². The SMILES string of the molecule is CC1(C(=O)Nc2ccc(F)cn2)COCC1N. The third-order valence-corrected chi connectivity index (χ3v) is 3.01. The van der Waals surface area contributed by atoms with E-state index in [2.05, 4.69) is 10.3 Å². The van der Waals surface area contributed by atoms with Crippen LogP contribution in [0.25, 0.3) is 0 Å². The molecule has 1 saturated heterocycles. The lowest BCUT2D eigenvalue weighted by Gasteiger charge is -2.24. The zero-order valence-electron chi connectivity index (χ0n) is 9.44. The fraction of sp³-hybridized carbons (Fsp3) is 0.455. The molecule has 6 heteroatoms. The molecule has 2 heterocycles. The highest BCUT2D eigenvalue weighted by atomic mass is 19.1. The molecule has 1 amide bonds. The molecule has 2 unspecified atom stereocenters. The molecule has 0 aliphatic carbocycles. The minimum Gasteiger partial charge on any atom is -0.379 e. The summed E-state index contributed by atoms with van der Waals surface area (Å²) in [7, 11) is 0. The Balaban J connectivity index is 2.09. The number of aromatic nitrogens is 1. The average Bonchev–Trinajstić information content (AvgIpc) is 2.64. The molecule has 0 bridgehead atoms. The van der Waals surface area contributed by atoms with E-state index in [9.17, 15) is 9.18 Å². The molecule has 0 radical (unpaired) electrons. The number of nitrogens with zero attached hydrogens (tertiary/aromatic N) is 1. The summed E-state index contributed by atoms with van der Waals surface area (Å²) in [5.41, 5.74) is 5.06. The Morgan fingerprint density at radius 3 is 3.00 bits per heavy atom. The van der Waals surface area contributed by atoms with Crippen LogP contribution in [0.2, 0.25) is 0 Å². The second kappa shape index (κ2) is 4.38. The lowest BCUT2D eigenvalue weighted by Crippen LogP contribution is -2.47. The Labute approximate surface area is 98.2 Å². The van der Waals surface area contributed by atoms with Crippen molar-refractivity contribution in [3.05, 3.63) is 24.1 Å². The van der Waals surface area contributed by atoms with Gasteiger partial charge in [-0.3, -0.25) is 4.79 Å². The van der Waals surface area contributed by atoms with Crippen LogP contribution in [0, 0.1) is 11.2 Å². The molecule has 0 saturated carbocycles. The molecule has 0 aromatic carbocycles. The average molecular weight is 239 g/mol. The molecule has 17 heavy (non-hydrogen) atoms. The summed E-state index contributed by atoms with van der Waals surface area (Å²) in [6.07, 6.45) is 1.04. The third kappa shape index (κ3) is 2.27. The quantitative estimate of drug-likeness (QED) is 0.789. The van der Waals surface area contributed by atoms with Crippen molar-refractivity contribution in [3.63, 3.8) is 0 Å². The second-order valence-electron chi connectivity index (χ2n) is 4.35. The van der Waals surface area contributed by atoms with Gasteiger partial charge in [-0.2, -0.15) is 0 Å². The van der Waals surface area contributed by atoms with E-state index in [1.807, 2.05) is 0 Å². The van der Waals surface area contributed by atoms with Crippen LogP contribution in [0.3, 0.4) is 0 Å². The first-order chi connectivity index (χ1) is 8.02. The van der Waals surface area contributed by atoms with E-state index in [1.165, 1.54) is 12.1 Å². The minimum atomic E-state index is -0.768. The van der Waals surface area contributed by atoms with Gasteiger partial charge in [0.2, 0.25) is 5.91 Å². The number of amides is 1. The number of carbonyl (C=O) groups excluding carboxylic acids is 1. The summed E-state index contributed by atoms with van der Waals surface area (Å²) >= 11 is 0. The molecule has 2 rings (SSSR count). The molecule has 1 aliphatic rings. The van der Waals surface area contributed by atoms with Crippen LogP contribution >= 0.6 is 0 Å². The molecule has 2 atom stereocenters. The number of hydrogen-bond acceptors (Lipinski definition) is 4. The van der Waals surface area contributed by atoms with E-state index in [0.717, 1.165) is 6.20 Å². The van der Waals surface area contributed by atoms with Crippen molar-refractivity contribution in [1.82, 2.24) is 4.98 Å². The molecule has 1 aromatic rings. The Bertz CT molecular complexity index is 423. The maximum atomic E-state index is 12.6. The summed E-state index contributed by atoms with van der Waals surface area (Å²) in [5, 5.41) is 2.61. The number of hydrogen-bond donors (Lipinski definition) is 2. The first-order valence-corrected chi connectivity index (χ1v) is 5.29. The first-order valence-electron chi connectivity index (χ1n) is 5.29. The van der Waals surface area contributed by atoms with Gasteiger partial charge >= 0.3 is 0 Å². The lowest BCUT2D eigenvalue weighted by molar-refractivity contribution is -0.125. The standard InChI is InChI=1S/C11H14FN3O2/c1-11(6-17-5-8(11)13)10(16)15-9-3-2-7(12)4-14-9/h2-4,8H,5-6,13H2,1H3,(H,14,15,16). The van der Waals surface area contributed by atoms with Gasteiger partial charge in [0.25, 0.3) is 0 Å². The van der Waals surface area contributed by atoms with Gasteiger partial charge in [0, 0.05) is 6.04 Å². The molecule has 5 nitrogen and oxygen atoms in total. The Hall–Kier alpha value is -1.53. The first kappa shape index (κ1) is 11.9. The van der Waals surface area contributed by atoms with Crippen molar-refractivity contribution in [2.75, 3.05) is 18.5 Å². The van der Waals surface area contributed by atoms with Crippen molar-refractivity contribution >= 4 is 11.7 Å². The number of ether oxygens (including phenoxy) is 1. The van der Waals surface area contributed by atoms with Crippen LogP contribution in [0.15, 0.2) is 18.3 Å². The number of nitrogens with one attached hydrogen (secondary N) is 1. The summed E-state index contributed by atoms with van der Waals surface area (Å²) in [5.74, 6) is -0.409. The predicted octanol–water partition coefficient (Wildman–Crippen LogP) is 0.523. The van der Waals surface area contributed by atoms with E-state index in [0.29, 0.717) is 12.4 Å². The topological polar surface area (TPSA) is 77.2 Å². The maximum Gasteiger partial charge on any atom is 0.235 e. The number of nitrogens with two attached hydrogens (primary N) is 1. The Morgan fingerprint density at radius 1 is 1.71 bits per heavy atom. The predicted molar refractivity (Wildman–Crippen MR) is 59.7 cm³/mol. The molecule has 1 fully saturated rings. The van der Waals surface area contributed by atoms with Crippen LogP contribution in [-0.2, 0) is 9.53 Å². The van der Waals surface area contributed by atoms with Gasteiger partial charge in [-0.05, 0) is 19.1 Å². The van der Waals surface area contributed by atoms with Crippen LogP contribution < -0.4 is 11.1 Å². The molecule has 1 aromatic heterocycles. The van der Waals surface area contributed by atoms with E-state index < -0.39 is 11.2 Å². The van der Waals surface area contributed by atoms with Crippen molar-refractivity contribution in [2.45, 2.75) is 13.0 Å². The maximum absolute atomic E-state index is 12.6. The highest BCUT2D eigenvalue weighted by Crippen LogP contribution is 2.28. The van der Waals surface area contributed by atoms with Gasteiger partial charge in [0.05, 0.1) is 24.8 Å².